The summed E-state index contributed by atoms with van der Waals surface area (Å²) in [4.78, 5) is 26.2. The number of fused-ring (bicyclic) bond motifs is 1. The van der Waals surface area contributed by atoms with Gasteiger partial charge in [-0.3, -0.25) is 9.59 Å². The molecule has 1 aliphatic rings. The molecule has 0 fully saturated rings. The molecule has 0 atom stereocenters. The van der Waals surface area contributed by atoms with Crippen LogP contribution in [0.15, 0.2) is 53.1 Å². The van der Waals surface area contributed by atoms with Gasteiger partial charge in [0.2, 0.25) is 0 Å². The number of hydrogen-bond acceptors (Lipinski definition) is 3. The largest absolute Gasteiger partial charge is 0.459 e. The molecule has 0 bridgehead atoms. The van der Waals surface area contributed by atoms with Crippen molar-refractivity contribution >= 4 is 34.8 Å². The summed E-state index contributed by atoms with van der Waals surface area (Å²) >= 11 is 6.33. The maximum absolute atomic E-state index is 14.0. The van der Waals surface area contributed by atoms with Crippen molar-refractivity contribution in [3.05, 3.63) is 82.0 Å². The number of carbonyl (C=O) groups is 2. The highest BCUT2D eigenvalue weighted by molar-refractivity contribution is 6.34. The summed E-state index contributed by atoms with van der Waals surface area (Å²) < 4.78 is 19.1. The molecule has 2 heterocycles. The van der Waals surface area contributed by atoms with Crippen LogP contribution in [-0.4, -0.2) is 11.8 Å². The first-order valence-electron chi connectivity index (χ1n) is 8.20. The summed E-state index contributed by atoms with van der Waals surface area (Å²) in [6.07, 6.45) is 1.44. The predicted octanol–water partition coefficient (Wildman–Crippen LogP) is 4.79. The zero-order valence-corrected chi connectivity index (χ0v) is 15.0. The number of nitrogens with zero attached hydrogens (tertiary/aromatic N) is 1. The Morgan fingerprint density at radius 1 is 1.26 bits per heavy atom. The summed E-state index contributed by atoms with van der Waals surface area (Å²) in [5.74, 6) is -0.907. The number of furan rings is 1. The Balaban J connectivity index is 1.58. The average Bonchev–Trinajstić information content (AvgIpc) is 3.20. The Kier molecular flexibility index (Phi) is 4.20. The van der Waals surface area contributed by atoms with Crippen LogP contribution in [0.25, 0.3) is 0 Å². The van der Waals surface area contributed by atoms with Gasteiger partial charge in [-0.1, -0.05) is 17.7 Å². The number of carbonyl (C=O) groups excluding carboxylic acids is 2. The lowest BCUT2D eigenvalue weighted by Crippen LogP contribution is -2.23. The van der Waals surface area contributed by atoms with Crippen molar-refractivity contribution in [1.29, 1.82) is 0 Å². The fourth-order valence-corrected chi connectivity index (χ4v) is 3.37. The monoisotopic (exact) mass is 384 g/mol. The number of amides is 2. The lowest BCUT2D eigenvalue weighted by atomic mass is 10.1. The van der Waals surface area contributed by atoms with E-state index in [9.17, 15) is 14.0 Å². The van der Waals surface area contributed by atoms with Gasteiger partial charge in [0.05, 0.1) is 23.5 Å². The first kappa shape index (κ1) is 17.3. The lowest BCUT2D eigenvalue weighted by molar-refractivity contribution is 0.0988. The molecule has 136 valence electrons. The van der Waals surface area contributed by atoms with E-state index in [1.807, 2.05) is 0 Å². The molecule has 7 heteroatoms. The van der Waals surface area contributed by atoms with E-state index < -0.39 is 11.7 Å². The first-order chi connectivity index (χ1) is 13.0. The lowest BCUT2D eigenvalue weighted by Gasteiger charge is -2.18. The molecule has 1 aromatic heterocycles. The van der Waals surface area contributed by atoms with Gasteiger partial charge >= 0.3 is 0 Å². The van der Waals surface area contributed by atoms with E-state index in [1.165, 1.54) is 23.3 Å². The highest BCUT2D eigenvalue weighted by Gasteiger charge is 2.31. The topological polar surface area (TPSA) is 62.6 Å². The van der Waals surface area contributed by atoms with Crippen LogP contribution >= 0.6 is 11.6 Å². The van der Waals surface area contributed by atoms with Gasteiger partial charge in [-0.25, -0.2) is 4.39 Å². The smallest absolute Gasteiger partial charge is 0.291 e. The molecular weight excluding hydrogens is 371 g/mol. The molecule has 0 saturated carbocycles. The molecule has 5 nitrogen and oxygen atoms in total. The van der Waals surface area contributed by atoms with Crippen molar-refractivity contribution in [3.63, 3.8) is 0 Å². The summed E-state index contributed by atoms with van der Waals surface area (Å²) in [6.45, 7) is 1.88. The maximum atomic E-state index is 14.0. The van der Waals surface area contributed by atoms with Crippen LogP contribution < -0.4 is 10.2 Å². The van der Waals surface area contributed by atoms with Crippen LogP contribution in [-0.2, 0) is 6.54 Å². The summed E-state index contributed by atoms with van der Waals surface area (Å²) in [5, 5.41) is 2.97. The standard InChI is InChI=1S/C20H14ClFN2O3/c1-11-7-8-27-18(11)19(25)23-12-5-6-17(15(21)9-12)24-10-14-13(20(24)26)3-2-4-16(14)22/h2-9H,10H2,1H3,(H,23,25). The minimum absolute atomic E-state index is 0.109. The van der Waals surface area contributed by atoms with Gasteiger partial charge in [0.15, 0.2) is 5.76 Å². The molecule has 1 aliphatic heterocycles. The fraction of sp³-hybridized carbons (Fsp3) is 0.100. The number of benzene rings is 2. The van der Waals surface area contributed by atoms with E-state index >= 15 is 0 Å². The molecular formula is C20H14ClFN2O3. The maximum Gasteiger partial charge on any atom is 0.291 e. The molecule has 2 amide bonds. The Morgan fingerprint density at radius 3 is 2.74 bits per heavy atom. The first-order valence-corrected chi connectivity index (χ1v) is 8.58. The molecule has 27 heavy (non-hydrogen) atoms. The molecule has 1 N–H and O–H groups in total. The molecule has 3 aromatic rings. The number of halogens is 2. The van der Waals surface area contributed by atoms with Crippen molar-refractivity contribution in [2.45, 2.75) is 13.5 Å². The highest BCUT2D eigenvalue weighted by atomic mass is 35.5. The number of rotatable bonds is 3. The molecule has 0 spiro atoms. The van der Waals surface area contributed by atoms with Gasteiger partial charge in [0.25, 0.3) is 11.8 Å². The normalized spacial score (nSPS) is 13.0. The second-order valence-corrected chi connectivity index (χ2v) is 6.62. The fourth-order valence-electron chi connectivity index (χ4n) is 3.09. The summed E-state index contributed by atoms with van der Waals surface area (Å²) in [5.41, 5.74) is 2.31. The van der Waals surface area contributed by atoms with Gasteiger partial charge in [0.1, 0.15) is 5.82 Å². The highest BCUT2D eigenvalue weighted by Crippen LogP contribution is 2.35. The van der Waals surface area contributed by atoms with Crippen molar-refractivity contribution in [2.24, 2.45) is 0 Å². The van der Waals surface area contributed by atoms with Gasteiger partial charge in [-0.15, -0.1) is 0 Å². The molecule has 0 radical (unpaired) electrons. The predicted molar refractivity (Wildman–Crippen MR) is 99.8 cm³/mol. The van der Waals surface area contributed by atoms with E-state index in [1.54, 1.807) is 37.3 Å². The Bertz CT molecular complexity index is 1080. The molecule has 4 rings (SSSR count). The Morgan fingerprint density at radius 2 is 2.07 bits per heavy atom. The molecule has 0 saturated heterocycles. The zero-order chi connectivity index (χ0) is 19.1. The average molecular weight is 385 g/mol. The van der Waals surface area contributed by atoms with Gasteiger partial charge in [-0.2, -0.15) is 0 Å². The second-order valence-electron chi connectivity index (χ2n) is 6.21. The van der Waals surface area contributed by atoms with Crippen LogP contribution in [0, 0.1) is 12.7 Å². The van der Waals surface area contributed by atoms with Crippen molar-refractivity contribution in [2.75, 3.05) is 10.2 Å². The second kappa shape index (κ2) is 6.55. The molecule has 0 unspecified atom stereocenters. The van der Waals surface area contributed by atoms with Crippen LogP contribution in [0.3, 0.4) is 0 Å². The summed E-state index contributed by atoms with van der Waals surface area (Å²) in [7, 11) is 0. The van der Waals surface area contributed by atoms with Crippen LogP contribution in [0.1, 0.15) is 32.0 Å². The molecule has 0 aliphatic carbocycles. The zero-order valence-electron chi connectivity index (χ0n) is 14.3. The van der Waals surface area contributed by atoms with Crippen molar-refractivity contribution in [1.82, 2.24) is 0 Å². The number of hydrogen-bond donors (Lipinski definition) is 1. The molecule has 2 aromatic carbocycles. The quantitative estimate of drug-likeness (QED) is 0.706. The van der Waals surface area contributed by atoms with Gasteiger partial charge in [-0.05, 0) is 43.3 Å². The number of nitrogens with one attached hydrogen (secondary N) is 1. The van der Waals surface area contributed by atoms with Crippen LogP contribution in [0.2, 0.25) is 5.02 Å². The third-order valence-corrected chi connectivity index (χ3v) is 4.78. The van der Waals surface area contributed by atoms with E-state index in [0.29, 0.717) is 22.5 Å². The van der Waals surface area contributed by atoms with E-state index in [-0.39, 0.29) is 23.2 Å². The SMILES string of the molecule is Cc1ccoc1C(=O)Nc1ccc(N2Cc3c(F)cccc3C2=O)c(Cl)c1. The number of aryl methyl sites for hydroxylation is 1. The van der Waals surface area contributed by atoms with Crippen LogP contribution in [0.5, 0.6) is 0 Å². The summed E-state index contributed by atoms with van der Waals surface area (Å²) in [6, 6.07) is 10.9. The Labute approximate surface area is 159 Å². The number of anilines is 2. The van der Waals surface area contributed by atoms with E-state index in [4.69, 9.17) is 16.0 Å². The van der Waals surface area contributed by atoms with Crippen LogP contribution in [0.4, 0.5) is 15.8 Å². The van der Waals surface area contributed by atoms with Crippen molar-refractivity contribution in [3.8, 4) is 0 Å². The van der Waals surface area contributed by atoms with Crippen molar-refractivity contribution < 1.29 is 18.4 Å². The van der Waals surface area contributed by atoms with Gasteiger partial charge in [0, 0.05) is 22.4 Å². The third-order valence-electron chi connectivity index (χ3n) is 4.48. The Hall–Kier alpha value is -3.12. The van der Waals surface area contributed by atoms with E-state index in [0.717, 1.165) is 5.56 Å². The minimum Gasteiger partial charge on any atom is -0.459 e. The minimum atomic E-state index is -0.419. The van der Waals surface area contributed by atoms with Gasteiger partial charge < -0.3 is 14.6 Å². The third kappa shape index (κ3) is 2.98. The van der Waals surface area contributed by atoms with E-state index in [2.05, 4.69) is 5.32 Å².